The molecule has 146 valence electrons. The van der Waals surface area contributed by atoms with Crippen LogP contribution in [0.5, 0.6) is 11.5 Å². The lowest BCUT2D eigenvalue weighted by atomic mass is 10.2. The number of hydrogen-bond donors (Lipinski definition) is 1. The van der Waals surface area contributed by atoms with Crippen molar-refractivity contribution in [2.45, 2.75) is 6.61 Å². The zero-order valence-electron chi connectivity index (χ0n) is 16.0. The Hall–Kier alpha value is -3.86. The summed E-state index contributed by atoms with van der Waals surface area (Å²) in [6, 6.07) is 24.3. The number of amides is 1. The first-order chi connectivity index (χ1) is 14.3. The Bertz CT molecular complexity index is 967. The average Bonchev–Trinajstić information content (AvgIpc) is 2.78. The van der Waals surface area contributed by atoms with Crippen LogP contribution in [-0.4, -0.2) is 18.7 Å². The van der Waals surface area contributed by atoms with Crippen LogP contribution in [0.15, 0.2) is 96.6 Å². The molecule has 0 bridgehead atoms. The number of nitrogens with zero attached hydrogens (tertiary/aromatic N) is 1. The molecule has 3 aromatic carbocycles. The van der Waals surface area contributed by atoms with Crippen LogP contribution >= 0.6 is 0 Å². The molecule has 0 aliphatic carbocycles. The molecule has 3 aromatic rings. The summed E-state index contributed by atoms with van der Waals surface area (Å²) in [6.07, 6.45) is 3.26. The van der Waals surface area contributed by atoms with Crippen LogP contribution in [0, 0.1) is 0 Å². The van der Waals surface area contributed by atoms with E-state index in [-0.39, 0.29) is 5.91 Å². The molecule has 0 atom stereocenters. The summed E-state index contributed by atoms with van der Waals surface area (Å²) >= 11 is 0. The zero-order valence-corrected chi connectivity index (χ0v) is 16.0. The molecule has 3 rings (SSSR count). The third-order valence-electron chi connectivity index (χ3n) is 4.00. The normalized spacial score (nSPS) is 10.5. The number of hydrazone groups is 1. The molecule has 29 heavy (non-hydrogen) atoms. The molecule has 1 N–H and O–H groups in total. The largest absolute Gasteiger partial charge is 0.490 e. The maximum absolute atomic E-state index is 12.5. The highest BCUT2D eigenvalue weighted by atomic mass is 16.5. The highest BCUT2D eigenvalue weighted by Crippen LogP contribution is 2.19. The topological polar surface area (TPSA) is 59.9 Å². The van der Waals surface area contributed by atoms with Gasteiger partial charge in [0.15, 0.2) is 0 Å². The molecule has 0 saturated heterocycles. The van der Waals surface area contributed by atoms with Gasteiger partial charge in [0.1, 0.15) is 24.7 Å². The Kier molecular flexibility index (Phi) is 7.18. The van der Waals surface area contributed by atoms with Crippen molar-refractivity contribution in [2.75, 3.05) is 6.61 Å². The molecule has 0 radical (unpaired) electrons. The fourth-order valence-corrected chi connectivity index (χ4v) is 2.55. The first-order valence-corrected chi connectivity index (χ1v) is 9.19. The van der Waals surface area contributed by atoms with Crippen LogP contribution in [0.2, 0.25) is 0 Å². The standard InChI is InChI=1S/C24H22N2O3/c1-2-16-28-21-14-12-19(13-15-21)17-25-26-24(27)22-10-6-7-11-23(22)29-18-20-8-4-3-5-9-20/h2-15,17H,1,16,18H2,(H,26,27)/b25-17+. The van der Waals surface area contributed by atoms with Gasteiger partial charge in [-0.2, -0.15) is 5.10 Å². The van der Waals surface area contributed by atoms with Gasteiger partial charge in [-0.1, -0.05) is 55.1 Å². The average molecular weight is 386 g/mol. The van der Waals surface area contributed by atoms with E-state index in [1.54, 1.807) is 30.5 Å². The lowest BCUT2D eigenvalue weighted by Crippen LogP contribution is -2.18. The van der Waals surface area contributed by atoms with Crippen LogP contribution in [0.25, 0.3) is 0 Å². The number of rotatable bonds is 9. The summed E-state index contributed by atoms with van der Waals surface area (Å²) in [5.74, 6) is 0.916. The van der Waals surface area contributed by atoms with Gasteiger partial charge in [0.2, 0.25) is 0 Å². The van der Waals surface area contributed by atoms with Crippen molar-refractivity contribution in [1.82, 2.24) is 5.43 Å². The van der Waals surface area contributed by atoms with Crippen molar-refractivity contribution < 1.29 is 14.3 Å². The molecule has 0 aliphatic heterocycles. The number of carbonyl (C=O) groups is 1. The van der Waals surface area contributed by atoms with Crippen LogP contribution < -0.4 is 14.9 Å². The molecule has 5 heteroatoms. The minimum Gasteiger partial charge on any atom is -0.490 e. The summed E-state index contributed by atoms with van der Waals surface area (Å²) in [6.45, 7) is 4.45. The molecular weight excluding hydrogens is 364 g/mol. The van der Waals surface area contributed by atoms with Gasteiger partial charge in [-0.15, -0.1) is 0 Å². The Labute approximate surface area is 170 Å². The van der Waals surface area contributed by atoms with E-state index in [1.165, 1.54) is 0 Å². The van der Waals surface area contributed by atoms with Gasteiger partial charge in [-0.25, -0.2) is 5.43 Å². The molecule has 5 nitrogen and oxygen atoms in total. The van der Waals surface area contributed by atoms with E-state index in [9.17, 15) is 4.79 Å². The van der Waals surface area contributed by atoms with E-state index >= 15 is 0 Å². The molecule has 1 amide bonds. The van der Waals surface area contributed by atoms with E-state index in [4.69, 9.17) is 9.47 Å². The maximum atomic E-state index is 12.5. The van der Waals surface area contributed by atoms with Gasteiger partial charge in [-0.05, 0) is 47.5 Å². The number of hydrogen-bond acceptors (Lipinski definition) is 4. The molecule has 0 aliphatic rings. The third-order valence-corrected chi connectivity index (χ3v) is 4.00. The van der Waals surface area contributed by atoms with Crippen molar-refractivity contribution in [2.24, 2.45) is 5.10 Å². The predicted molar refractivity (Wildman–Crippen MR) is 114 cm³/mol. The van der Waals surface area contributed by atoms with Crippen LogP contribution in [0.1, 0.15) is 21.5 Å². The van der Waals surface area contributed by atoms with E-state index in [0.717, 1.165) is 16.9 Å². The first kappa shape index (κ1) is 19.9. The van der Waals surface area contributed by atoms with Crippen LogP contribution in [0.3, 0.4) is 0 Å². The molecule has 0 saturated carbocycles. The number of carbonyl (C=O) groups excluding carboxylic acids is 1. The van der Waals surface area contributed by atoms with Gasteiger partial charge in [0, 0.05) is 0 Å². The highest BCUT2D eigenvalue weighted by Gasteiger charge is 2.11. The first-order valence-electron chi connectivity index (χ1n) is 9.19. The van der Waals surface area contributed by atoms with Crippen molar-refractivity contribution in [3.63, 3.8) is 0 Å². The number of ether oxygens (including phenoxy) is 2. The van der Waals surface area contributed by atoms with Gasteiger partial charge < -0.3 is 9.47 Å². The quantitative estimate of drug-likeness (QED) is 0.332. The summed E-state index contributed by atoms with van der Waals surface area (Å²) in [4.78, 5) is 12.5. The lowest BCUT2D eigenvalue weighted by molar-refractivity contribution is 0.0950. The number of para-hydroxylation sites is 1. The molecule has 0 unspecified atom stereocenters. The summed E-state index contributed by atoms with van der Waals surface area (Å²) in [5, 5.41) is 4.03. The van der Waals surface area contributed by atoms with Gasteiger partial charge >= 0.3 is 0 Å². The third kappa shape index (κ3) is 6.07. The fraction of sp³-hybridized carbons (Fsp3) is 0.0833. The molecule has 0 aromatic heterocycles. The Morgan fingerprint density at radius 2 is 1.66 bits per heavy atom. The summed E-state index contributed by atoms with van der Waals surface area (Å²) in [7, 11) is 0. The van der Waals surface area contributed by atoms with Crippen molar-refractivity contribution >= 4 is 12.1 Å². The Morgan fingerprint density at radius 1 is 0.931 bits per heavy atom. The Morgan fingerprint density at radius 3 is 2.41 bits per heavy atom. The second-order valence-electron chi connectivity index (χ2n) is 6.14. The molecule has 0 heterocycles. The maximum Gasteiger partial charge on any atom is 0.275 e. The zero-order chi connectivity index (χ0) is 20.3. The van der Waals surface area contributed by atoms with Gasteiger partial charge in [0.05, 0.1) is 11.8 Å². The smallest absolute Gasteiger partial charge is 0.275 e. The minimum atomic E-state index is -0.337. The number of benzene rings is 3. The number of nitrogens with one attached hydrogen (secondary N) is 1. The fourth-order valence-electron chi connectivity index (χ4n) is 2.55. The van der Waals surface area contributed by atoms with Crippen LogP contribution in [-0.2, 0) is 6.61 Å². The highest BCUT2D eigenvalue weighted by molar-refractivity contribution is 5.97. The predicted octanol–water partition coefficient (Wildman–Crippen LogP) is 4.59. The van der Waals surface area contributed by atoms with E-state index in [0.29, 0.717) is 24.5 Å². The van der Waals surface area contributed by atoms with Gasteiger partial charge in [0.25, 0.3) is 5.91 Å². The van der Waals surface area contributed by atoms with Gasteiger partial charge in [-0.3, -0.25) is 4.79 Å². The second-order valence-corrected chi connectivity index (χ2v) is 6.14. The SMILES string of the molecule is C=CCOc1ccc(/C=N/NC(=O)c2ccccc2OCc2ccccc2)cc1. The van der Waals surface area contributed by atoms with E-state index in [2.05, 4.69) is 17.1 Å². The second kappa shape index (κ2) is 10.5. The van der Waals surface area contributed by atoms with Crippen LogP contribution in [0.4, 0.5) is 0 Å². The van der Waals surface area contributed by atoms with Crippen molar-refractivity contribution in [3.8, 4) is 11.5 Å². The molecular formula is C24H22N2O3. The van der Waals surface area contributed by atoms with Crippen molar-refractivity contribution in [3.05, 3.63) is 108 Å². The van der Waals surface area contributed by atoms with Crippen molar-refractivity contribution in [1.29, 1.82) is 0 Å². The Balaban J connectivity index is 1.59. The summed E-state index contributed by atoms with van der Waals surface area (Å²) < 4.78 is 11.3. The monoisotopic (exact) mass is 386 g/mol. The minimum absolute atomic E-state index is 0.337. The lowest BCUT2D eigenvalue weighted by Gasteiger charge is -2.10. The summed E-state index contributed by atoms with van der Waals surface area (Å²) in [5.41, 5.74) is 4.83. The molecule has 0 spiro atoms. The van der Waals surface area contributed by atoms with E-state index < -0.39 is 0 Å². The molecule has 0 fully saturated rings. The van der Waals surface area contributed by atoms with E-state index in [1.807, 2.05) is 60.7 Å².